The Balaban J connectivity index is 1.73. The van der Waals surface area contributed by atoms with E-state index in [-0.39, 0.29) is 29.2 Å². The highest BCUT2D eigenvalue weighted by Gasteiger charge is 2.30. The first kappa shape index (κ1) is 21.7. The Morgan fingerprint density at radius 3 is 2.40 bits per heavy atom. The molecule has 158 valence electrons. The number of benzene rings is 1. The van der Waals surface area contributed by atoms with Crippen LogP contribution in [0.15, 0.2) is 41.4 Å². The fourth-order valence-corrected chi connectivity index (χ4v) is 4.80. The average Bonchev–Trinajstić information content (AvgIpc) is 2.78. The van der Waals surface area contributed by atoms with E-state index >= 15 is 0 Å². The molecule has 1 aliphatic rings. The SMILES string of the molecule is CC[C@@H](C)c1ccc(S(=O)(=O)N2CCN(c3ncc([N+](=O)[O-])cc3C#N)CC2)cc1. The van der Waals surface area contributed by atoms with Gasteiger partial charge in [0.15, 0.2) is 0 Å². The largest absolute Gasteiger partial charge is 0.353 e. The van der Waals surface area contributed by atoms with E-state index in [0.29, 0.717) is 24.8 Å². The Hall–Kier alpha value is -3.03. The Bertz CT molecular complexity index is 1070. The van der Waals surface area contributed by atoms with E-state index in [9.17, 15) is 23.8 Å². The summed E-state index contributed by atoms with van der Waals surface area (Å²) in [5.74, 6) is 0.701. The summed E-state index contributed by atoms with van der Waals surface area (Å²) in [6.45, 7) is 5.34. The third-order valence-corrected chi connectivity index (χ3v) is 7.33. The summed E-state index contributed by atoms with van der Waals surface area (Å²) < 4.78 is 27.4. The molecule has 0 spiro atoms. The van der Waals surface area contributed by atoms with Crippen molar-refractivity contribution in [3.8, 4) is 6.07 Å². The second-order valence-corrected chi connectivity index (χ2v) is 9.14. The number of anilines is 1. The van der Waals surface area contributed by atoms with Crippen LogP contribution in [0.2, 0.25) is 0 Å². The molecule has 1 aliphatic heterocycles. The van der Waals surface area contributed by atoms with Gasteiger partial charge in [0.1, 0.15) is 23.6 Å². The highest BCUT2D eigenvalue weighted by Crippen LogP contribution is 2.26. The van der Waals surface area contributed by atoms with Gasteiger partial charge in [0.05, 0.1) is 9.82 Å². The van der Waals surface area contributed by atoms with Gasteiger partial charge >= 0.3 is 0 Å². The minimum absolute atomic E-state index is 0.0983. The van der Waals surface area contributed by atoms with E-state index in [0.717, 1.165) is 18.2 Å². The van der Waals surface area contributed by atoms with Crippen LogP contribution in [0.5, 0.6) is 0 Å². The van der Waals surface area contributed by atoms with Gasteiger partial charge in [0.2, 0.25) is 10.0 Å². The topological polar surface area (TPSA) is 120 Å². The van der Waals surface area contributed by atoms with E-state index < -0.39 is 14.9 Å². The van der Waals surface area contributed by atoms with E-state index in [2.05, 4.69) is 18.8 Å². The zero-order chi connectivity index (χ0) is 21.9. The summed E-state index contributed by atoms with van der Waals surface area (Å²) in [7, 11) is -3.62. The smallest absolute Gasteiger partial charge is 0.289 e. The molecule has 9 nitrogen and oxygen atoms in total. The molecule has 1 atom stereocenters. The van der Waals surface area contributed by atoms with Gasteiger partial charge < -0.3 is 4.90 Å². The molecule has 0 amide bonds. The first-order chi connectivity index (χ1) is 14.3. The first-order valence-electron chi connectivity index (χ1n) is 9.67. The number of sulfonamides is 1. The maximum absolute atomic E-state index is 13.0. The predicted octanol–water partition coefficient (Wildman–Crippen LogP) is 2.89. The van der Waals surface area contributed by atoms with Crippen molar-refractivity contribution in [3.05, 3.63) is 57.8 Å². The predicted molar refractivity (Wildman–Crippen MR) is 112 cm³/mol. The molecule has 0 aliphatic carbocycles. The molecule has 1 aromatic heterocycles. The number of nitriles is 1. The Morgan fingerprint density at radius 1 is 1.23 bits per heavy atom. The number of rotatable bonds is 6. The summed E-state index contributed by atoms with van der Waals surface area (Å²) in [5, 5.41) is 20.2. The van der Waals surface area contributed by atoms with E-state index in [4.69, 9.17) is 0 Å². The maximum Gasteiger partial charge on any atom is 0.289 e. The van der Waals surface area contributed by atoms with Gasteiger partial charge in [-0.2, -0.15) is 9.57 Å². The second-order valence-electron chi connectivity index (χ2n) is 7.20. The number of hydrogen-bond donors (Lipinski definition) is 0. The average molecular weight is 430 g/mol. The molecule has 0 bridgehead atoms. The van der Waals surface area contributed by atoms with E-state index in [1.807, 2.05) is 18.2 Å². The number of aromatic nitrogens is 1. The normalized spacial score (nSPS) is 16.1. The van der Waals surface area contributed by atoms with Crippen molar-refractivity contribution in [2.24, 2.45) is 0 Å². The highest BCUT2D eigenvalue weighted by atomic mass is 32.2. The first-order valence-corrected chi connectivity index (χ1v) is 11.1. The third kappa shape index (κ3) is 4.27. The van der Waals surface area contributed by atoms with E-state index in [1.165, 1.54) is 10.4 Å². The van der Waals surface area contributed by atoms with Crippen LogP contribution in [0.1, 0.15) is 37.3 Å². The summed E-state index contributed by atoms with van der Waals surface area (Å²) >= 11 is 0. The standard InChI is InChI=1S/C20H23N5O4S/c1-3-15(2)16-4-6-19(7-5-16)30(28,29)24-10-8-23(9-11-24)20-17(13-21)12-18(14-22-20)25(26)27/h4-7,12,14-15H,3,8-11H2,1-2H3/t15-/m1/s1. The van der Waals surface area contributed by atoms with Gasteiger partial charge in [0.25, 0.3) is 5.69 Å². The van der Waals surface area contributed by atoms with Crippen LogP contribution in [0.4, 0.5) is 11.5 Å². The Morgan fingerprint density at radius 2 is 1.87 bits per heavy atom. The van der Waals surface area contributed by atoms with Crippen molar-refractivity contribution >= 4 is 21.5 Å². The molecule has 10 heteroatoms. The molecular formula is C20H23N5O4S. The van der Waals surface area contributed by atoms with Gasteiger partial charge in [-0.15, -0.1) is 0 Å². The van der Waals surface area contributed by atoms with Crippen LogP contribution in [0.3, 0.4) is 0 Å². The third-order valence-electron chi connectivity index (χ3n) is 5.42. The molecule has 0 saturated carbocycles. The lowest BCUT2D eigenvalue weighted by atomic mass is 9.99. The number of pyridine rings is 1. The minimum Gasteiger partial charge on any atom is -0.353 e. The summed E-state index contributed by atoms with van der Waals surface area (Å²) in [4.78, 5) is 16.4. The number of nitro groups is 1. The zero-order valence-electron chi connectivity index (χ0n) is 16.9. The molecule has 3 rings (SSSR count). The molecule has 0 radical (unpaired) electrons. The molecule has 1 fully saturated rings. The van der Waals surface area contributed by atoms with Crippen molar-refractivity contribution in [3.63, 3.8) is 0 Å². The number of nitrogens with zero attached hydrogens (tertiary/aromatic N) is 5. The van der Waals surface area contributed by atoms with Crippen molar-refractivity contribution in [2.45, 2.75) is 31.1 Å². The molecule has 1 aromatic carbocycles. The lowest BCUT2D eigenvalue weighted by Gasteiger charge is -2.35. The van der Waals surface area contributed by atoms with Crippen LogP contribution in [0.25, 0.3) is 0 Å². The monoisotopic (exact) mass is 429 g/mol. The number of hydrogen-bond acceptors (Lipinski definition) is 7. The van der Waals surface area contributed by atoms with Gasteiger partial charge in [-0.3, -0.25) is 10.1 Å². The van der Waals surface area contributed by atoms with Crippen LogP contribution in [-0.2, 0) is 10.0 Å². The van der Waals surface area contributed by atoms with Crippen LogP contribution in [0, 0.1) is 21.4 Å². The van der Waals surface area contributed by atoms with Crippen molar-refractivity contribution in [1.82, 2.24) is 9.29 Å². The van der Waals surface area contributed by atoms with Crippen LogP contribution in [-0.4, -0.2) is 48.8 Å². The lowest BCUT2D eigenvalue weighted by Crippen LogP contribution is -2.49. The van der Waals surface area contributed by atoms with Gasteiger partial charge in [-0.25, -0.2) is 13.4 Å². The lowest BCUT2D eigenvalue weighted by molar-refractivity contribution is -0.385. The molecule has 1 saturated heterocycles. The Labute approximate surface area is 175 Å². The quantitative estimate of drug-likeness (QED) is 0.511. The molecular weight excluding hydrogens is 406 g/mol. The zero-order valence-corrected chi connectivity index (χ0v) is 17.7. The molecule has 0 unspecified atom stereocenters. The molecule has 2 heterocycles. The van der Waals surface area contributed by atoms with Crippen molar-refractivity contribution in [2.75, 3.05) is 31.1 Å². The van der Waals surface area contributed by atoms with Crippen molar-refractivity contribution in [1.29, 1.82) is 5.26 Å². The Kier molecular flexibility index (Phi) is 6.34. The molecule has 30 heavy (non-hydrogen) atoms. The highest BCUT2D eigenvalue weighted by molar-refractivity contribution is 7.89. The number of piperazine rings is 1. The van der Waals surface area contributed by atoms with Gasteiger partial charge in [-0.1, -0.05) is 26.0 Å². The van der Waals surface area contributed by atoms with E-state index in [1.54, 1.807) is 17.0 Å². The maximum atomic E-state index is 13.0. The molecule has 2 aromatic rings. The van der Waals surface area contributed by atoms with Crippen molar-refractivity contribution < 1.29 is 13.3 Å². The molecule has 0 N–H and O–H groups in total. The minimum atomic E-state index is -3.62. The van der Waals surface area contributed by atoms with Crippen LogP contribution < -0.4 is 4.90 Å². The fourth-order valence-electron chi connectivity index (χ4n) is 3.37. The van der Waals surface area contributed by atoms with Crippen LogP contribution >= 0.6 is 0 Å². The summed E-state index contributed by atoms with van der Waals surface area (Å²) in [5.41, 5.74) is 0.952. The second kappa shape index (κ2) is 8.77. The summed E-state index contributed by atoms with van der Waals surface area (Å²) in [6, 6.07) is 10.1. The van der Waals surface area contributed by atoms with Gasteiger partial charge in [-0.05, 0) is 30.0 Å². The summed E-state index contributed by atoms with van der Waals surface area (Å²) in [6.07, 6.45) is 2.09. The fraction of sp³-hybridized carbons (Fsp3) is 0.400. The van der Waals surface area contributed by atoms with Gasteiger partial charge in [0, 0.05) is 32.2 Å².